The van der Waals surface area contributed by atoms with E-state index < -0.39 is 5.60 Å². The Balaban J connectivity index is 1.67. The molecule has 0 heterocycles. The molecule has 1 unspecified atom stereocenters. The molecule has 0 saturated heterocycles. The van der Waals surface area contributed by atoms with Crippen LogP contribution in [0.4, 0.5) is 0 Å². The Morgan fingerprint density at radius 2 is 1.96 bits per heavy atom. The lowest BCUT2D eigenvalue weighted by Crippen LogP contribution is -2.58. The Kier molecular flexibility index (Phi) is 3.46. The molecule has 0 spiro atoms. The third kappa shape index (κ3) is 1.88. The summed E-state index contributed by atoms with van der Waals surface area (Å²) in [6.07, 6.45) is 10.7. The zero-order valence-corrected chi connectivity index (χ0v) is 15.2. The predicted octanol–water partition coefficient (Wildman–Crippen LogP) is 3.69. The van der Waals surface area contributed by atoms with Gasteiger partial charge in [-0.25, -0.2) is 0 Å². The van der Waals surface area contributed by atoms with Crippen molar-refractivity contribution in [3.8, 4) is 0 Å². The second-order valence-electron chi connectivity index (χ2n) is 9.46. The lowest BCUT2D eigenvalue weighted by molar-refractivity contribution is -0.163. The van der Waals surface area contributed by atoms with E-state index >= 15 is 0 Å². The Morgan fingerprint density at radius 3 is 2.67 bits per heavy atom. The molecule has 3 saturated carbocycles. The summed E-state index contributed by atoms with van der Waals surface area (Å²) in [6, 6.07) is 0. The van der Waals surface area contributed by atoms with Gasteiger partial charge in [0.1, 0.15) is 11.4 Å². The van der Waals surface area contributed by atoms with Crippen LogP contribution in [0.3, 0.4) is 0 Å². The van der Waals surface area contributed by atoms with Crippen LogP contribution in [0, 0.1) is 34.5 Å². The topological polar surface area (TPSA) is 54.4 Å². The van der Waals surface area contributed by atoms with Gasteiger partial charge in [0.2, 0.25) is 0 Å². The van der Waals surface area contributed by atoms with Crippen molar-refractivity contribution in [1.82, 2.24) is 0 Å². The van der Waals surface area contributed by atoms with E-state index in [2.05, 4.69) is 19.9 Å². The van der Waals surface area contributed by atoms with Crippen LogP contribution in [-0.4, -0.2) is 22.3 Å². The zero-order valence-electron chi connectivity index (χ0n) is 15.2. The van der Waals surface area contributed by atoms with Crippen molar-refractivity contribution in [3.63, 3.8) is 0 Å². The molecule has 0 amide bonds. The fourth-order valence-electron chi connectivity index (χ4n) is 7.05. The van der Waals surface area contributed by atoms with Gasteiger partial charge in [0.15, 0.2) is 5.78 Å². The second-order valence-corrected chi connectivity index (χ2v) is 9.46. The second kappa shape index (κ2) is 5.03. The fourth-order valence-corrected chi connectivity index (χ4v) is 7.05. The van der Waals surface area contributed by atoms with Gasteiger partial charge in [-0.1, -0.05) is 19.9 Å². The highest BCUT2D eigenvalue weighted by Gasteiger charge is 2.64. The largest absolute Gasteiger partial charge is 0.377 e. The first-order valence-electron chi connectivity index (χ1n) is 9.67. The molecule has 0 aliphatic heterocycles. The van der Waals surface area contributed by atoms with Crippen molar-refractivity contribution < 1.29 is 14.7 Å². The first-order valence-corrected chi connectivity index (χ1v) is 9.67. The lowest BCUT2D eigenvalue weighted by atomic mass is 9.44. The van der Waals surface area contributed by atoms with E-state index in [4.69, 9.17) is 0 Å². The monoisotopic (exact) mass is 330 g/mol. The average Bonchev–Trinajstić information content (AvgIpc) is 2.81. The Bertz CT molecular complexity index is 623. The molecular formula is C21H30O3. The molecule has 3 nitrogen and oxygen atoms in total. The molecule has 4 rings (SSSR count). The van der Waals surface area contributed by atoms with Crippen molar-refractivity contribution in [2.75, 3.05) is 0 Å². The number of aliphatic hydroxyl groups is 1. The van der Waals surface area contributed by atoms with Crippen LogP contribution in [-0.2, 0) is 9.59 Å². The van der Waals surface area contributed by atoms with Gasteiger partial charge in [0, 0.05) is 18.3 Å². The predicted molar refractivity (Wildman–Crippen MR) is 92.3 cm³/mol. The lowest BCUT2D eigenvalue weighted by Gasteiger charge is -2.60. The number of allylic oxidation sites excluding steroid dienone is 1. The quantitative estimate of drug-likeness (QED) is 0.746. The van der Waals surface area contributed by atoms with Gasteiger partial charge in [-0.3, -0.25) is 9.59 Å². The zero-order chi connectivity index (χ0) is 17.3. The molecule has 132 valence electrons. The number of carbonyl (C=O) groups is 2. The number of carbonyl (C=O) groups excluding carboxylic acids is 2. The highest BCUT2D eigenvalue weighted by molar-refractivity contribution is 5.89. The third-order valence-electron chi connectivity index (χ3n) is 8.69. The van der Waals surface area contributed by atoms with Crippen molar-refractivity contribution in [1.29, 1.82) is 0 Å². The summed E-state index contributed by atoms with van der Waals surface area (Å²) < 4.78 is 0. The summed E-state index contributed by atoms with van der Waals surface area (Å²) in [7, 11) is 0. The minimum absolute atomic E-state index is 0.120. The van der Waals surface area contributed by atoms with Gasteiger partial charge >= 0.3 is 0 Å². The Hall–Kier alpha value is -0.960. The number of hydrogen-bond acceptors (Lipinski definition) is 3. The molecule has 0 aromatic heterocycles. The molecule has 0 bridgehead atoms. The number of hydrogen-bond donors (Lipinski definition) is 1. The first kappa shape index (κ1) is 16.5. The molecule has 1 N–H and O–H groups in total. The molecule has 3 fully saturated rings. The highest BCUT2D eigenvalue weighted by Crippen LogP contribution is 2.66. The molecule has 7 atom stereocenters. The van der Waals surface area contributed by atoms with E-state index in [-0.39, 0.29) is 16.6 Å². The van der Waals surface area contributed by atoms with E-state index in [1.165, 1.54) is 6.92 Å². The maximum Gasteiger partial charge on any atom is 0.165 e. The van der Waals surface area contributed by atoms with Crippen LogP contribution in [0.15, 0.2) is 12.2 Å². The molecule has 0 radical (unpaired) electrons. The Labute approximate surface area is 144 Å². The minimum Gasteiger partial charge on any atom is -0.377 e. The standard InChI is InChI=1S/C21H30O3/c1-13(22)21(24)11-8-18-16-5-4-14-12-15(23)6-9-19(14,2)17(16)7-10-20(18,21)3/h8,11,14,16-18,24H,4-7,9-10,12H2,1-3H3/t14?,16-,17+,18+,19+,20+,21+/m1/s1. The maximum absolute atomic E-state index is 12.2. The van der Waals surface area contributed by atoms with Crippen molar-refractivity contribution in [2.45, 2.75) is 71.3 Å². The van der Waals surface area contributed by atoms with Crippen LogP contribution < -0.4 is 0 Å². The van der Waals surface area contributed by atoms with Crippen LogP contribution in [0.25, 0.3) is 0 Å². The number of rotatable bonds is 1. The average molecular weight is 330 g/mol. The summed E-state index contributed by atoms with van der Waals surface area (Å²) in [5.74, 6) is 2.33. The van der Waals surface area contributed by atoms with E-state index in [0.29, 0.717) is 29.5 Å². The molecule has 4 aliphatic rings. The summed E-state index contributed by atoms with van der Waals surface area (Å²) >= 11 is 0. The van der Waals surface area contributed by atoms with E-state index in [0.717, 1.165) is 44.9 Å². The van der Waals surface area contributed by atoms with Gasteiger partial charge in [0.05, 0.1) is 0 Å². The summed E-state index contributed by atoms with van der Waals surface area (Å²) in [4.78, 5) is 24.1. The number of fused-ring (bicyclic) bond motifs is 5. The molecule has 3 heteroatoms. The molecule has 0 aromatic carbocycles. The van der Waals surface area contributed by atoms with Crippen LogP contribution in [0.5, 0.6) is 0 Å². The van der Waals surface area contributed by atoms with E-state index in [1.54, 1.807) is 6.08 Å². The minimum atomic E-state index is -1.29. The molecule has 4 aliphatic carbocycles. The van der Waals surface area contributed by atoms with Crippen LogP contribution in [0.2, 0.25) is 0 Å². The third-order valence-corrected chi connectivity index (χ3v) is 8.69. The van der Waals surface area contributed by atoms with Crippen LogP contribution in [0.1, 0.15) is 65.7 Å². The number of ketones is 2. The van der Waals surface area contributed by atoms with Gasteiger partial charge < -0.3 is 5.11 Å². The van der Waals surface area contributed by atoms with Crippen LogP contribution >= 0.6 is 0 Å². The highest BCUT2D eigenvalue weighted by atomic mass is 16.3. The van der Waals surface area contributed by atoms with Gasteiger partial charge in [-0.15, -0.1) is 0 Å². The van der Waals surface area contributed by atoms with E-state index in [9.17, 15) is 14.7 Å². The molecular weight excluding hydrogens is 300 g/mol. The Morgan fingerprint density at radius 1 is 1.21 bits per heavy atom. The first-order chi connectivity index (χ1) is 11.2. The van der Waals surface area contributed by atoms with Gasteiger partial charge in [-0.05, 0) is 74.2 Å². The van der Waals surface area contributed by atoms with Crippen molar-refractivity contribution in [2.24, 2.45) is 34.5 Å². The van der Waals surface area contributed by atoms with E-state index in [1.807, 2.05) is 0 Å². The SMILES string of the molecule is CC(=O)[C@@]1(O)C=C[C@H]2[C@@H]3CCC4CC(=O)CC[C@]4(C)[C@H]3CC[C@@]21C. The fraction of sp³-hybridized carbons (Fsp3) is 0.810. The number of Topliss-reactive ketones (excluding diaryl/α,β-unsaturated/α-hetero) is 2. The maximum atomic E-state index is 12.2. The molecule has 0 aromatic rings. The van der Waals surface area contributed by atoms with Gasteiger partial charge in [-0.2, -0.15) is 0 Å². The summed E-state index contributed by atoms with van der Waals surface area (Å²) in [6.45, 7) is 6.06. The summed E-state index contributed by atoms with van der Waals surface area (Å²) in [5.41, 5.74) is -1.38. The summed E-state index contributed by atoms with van der Waals surface area (Å²) in [5, 5.41) is 11.1. The molecule has 24 heavy (non-hydrogen) atoms. The van der Waals surface area contributed by atoms with Crippen molar-refractivity contribution >= 4 is 11.6 Å². The normalized spacial score (nSPS) is 53.2. The smallest absolute Gasteiger partial charge is 0.165 e. The van der Waals surface area contributed by atoms with Crippen molar-refractivity contribution in [3.05, 3.63) is 12.2 Å². The van der Waals surface area contributed by atoms with Gasteiger partial charge in [0.25, 0.3) is 0 Å².